The number of primary amides is 1. The maximum absolute atomic E-state index is 12.6. The molecule has 1 heterocycles. The lowest BCUT2D eigenvalue weighted by atomic mass is 10.3. The summed E-state index contributed by atoms with van der Waals surface area (Å²) in [5, 5.41) is 3.92. The number of rotatable bonds is 5. The summed E-state index contributed by atoms with van der Waals surface area (Å²) in [6.45, 7) is -0.201. The molecule has 1 aromatic heterocycles. The van der Waals surface area contributed by atoms with Crippen molar-refractivity contribution in [1.29, 1.82) is 0 Å². The molecule has 8 heteroatoms. The molecule has 0 spiro atoms. The molecular formula is C11H15FN4O3. The number of carbonyl (C=O) groups excluding carboxylic acids is 2. The molecule has 19 heavy (non-hydrogen) atoms. The molecule has 0 atom stereocenters. The number of amides is 2. The predicted octanol–water partition coefficient (Wildman–Crippen LogP) is 0.534. The Kier molecular flexibility index (Phi) is 5.04. The van der Waals surface area contributed by atoms with E-state index in [1.807, 2.05) is 0 Å². The van der Waals surface area contributed by atoms with Crippen LogP contribution in [0.3, 0.4) is 0 Å². The molecule has 0 aliphatic heterocycles. The van der Waals surface area contributed by atoms with Crippen molar-refractivity contribution >= 4 is 12.0 Å². The highest BCUT2D eigenvalue weighted by Crippen LogP contribution is 2.05. The molecule has 7 nitrogen and oxygen atoms in total. The number of nitrogens with two attached hydrogens (primary N) is 1. The van der Waals surface area contributed by atoms with Crippen molar-refractivity contribution in [2.24, 2.45) is 5.73 Å². The average molecular weight is 270 g/mol. The Hall–Kier alpha value is -2.38. The second kappa shape index (κ2) is 6.53. The summed E-state index contributed by atoms with van der Waals surface area (Å²) in [6, 6.07) is 0. The van der Waals surface area contributed by atoms with Crippen LogP contribution in [0.2, 0.25) is 0 Å². The van der Waals surface area contributed by atoms with E-state index >= 15 is 0 Å². The molecule has 0 bridgehead atoms. The number of hydrogen-bond donors (Lipinski definition) is 1. The molecule has 0 aromatic carbocycles. The average Bonchev–Trinajstić information content (AvgIpc) is 2.81. The number of halogens is 1. The molecule has 0 saturated heterocycles. The molecule has 1 rings (SSSR count). The van der Waals surface area contributed by atoms with Gasteiger partial charge in [0.05, 0.1) is 24.6 Å². The first-order chi connectivity index (χ1) is 8.93. The van der Waals surface area contributed by atoms with Crippen molar-refractivity contribution in [2.45, 2.75) is 6.54 Å². The van der Waals surface area contributed by atoms with E-state index in [2.05, 4.69) is 9.84 Å². The van der Waals surface area contributed by atoms with Gasteiger partial charge >= 0.3 is 6.09 Å². The van der Waals surface area contributed by atoms with E-state index in [-0.39, 0.29) is 24.6 Å². The van der Waals surface area contributed by atoms with Gasteiger partial charge in [0, 0.05) is 25.9 Å². The van der Waals surface area contributed by atoms with E-state index in [0.717, 1.165) is 0 Å². The molecule has 0 unspecified atom stereocenters. The Morgan fingerprint density at radius 3 is 2.79 bits per heavy atom. The molecule has 104 valence electrons. The van der Waals surface area contributed by atoms with Crippen molar-refractivity contribution in [3.63, 3.8) is 0 Å². The van der Waals surface area contributed by atoms with Crippen LogP contribution in [0.25, 0.3) is 0 Å². The highest BCUT2D eigenvalue weighted by molar-refractivity contribution is 5.93. The second-order valence-corrected chi connectivity index (χ2v) is 4.00. The molecule has 2 amide bonds. The van der Waals surface area contributed by atoms with Gasteiger partial charge in [-0.05, 0) is 0 Å². The fourth-order valence-corrected chi connectivity index (χ4v) is 1.30. The maximum Gasteiger partial charge on any atom is 0.404 e. The number of hydrogen-bond acceptors (Lipinski definition) is 4. The Morgan fingerprint density at radius 2 is 2.26 bits per heavy atom. The van der Waals surface area contributed by atoms with Gasteiger partial charge in [0.2, 0.25) is 0 Å². The molecule has 2 N–H and O–H groups in total. The first kappa shape index (κ1) is 14.7. The maximum atomic E-state index is 12.6. The van der Waals surface area contributed by atoms with E-state index < -0.39 is 6.09 Å². The van der Waals surface area contributed by atoms with Gasteiger partial charge < -0.3 is 15.4 Å². The van der Waals surface area contributed by atoms with Crippen molar-refractivity contribution in [3.05, 3.63) is 29.9 Å². The van der Waals surface area contributed by atoms with E-state index in [1.165, 1.54) is 22.0 Å². The molecule has 0 radical (unpaired) electrons. The smallest absolute Gasteiger partial charge is 0.404 e. The summed E-state index contributed by atoms with van der Waals surface area (Å²) in [7, 11) is 3.24. The van der Waals surface area contributed by atoms with Crippen molar-refractivity contribution in [2.75, 3.05) is 20.7 Å². The third-order valence-corrected chi connectivity index (χ3v) is 2.21. The van der Waals surface area contributed by atoms with Crippen LogP contribution in [-0.4, -0.2) is 47.4 Å². The minimum atomic E-state index is -0.983. The van der Waals surface area contributed by atoms with Gasteiger partial charge in [-0.3, -0.25) is 9.48 Å². The van der Waals surface area contributed by atoms with Crippen molar-refractivity contribution in [1.82, 2.24) is 14.7 Å². The summed E-state index contributed by atoms with van der Waals surface area (Å²) in [4.78, 5) is 23.5. The minimum Gasteiger partial charge on any atom is -0.445 e. The van der Waals surface area contributed by atoms with Crippen LogP contribution in [0, 0.1) is 0 Å². The molecule has 0 saturated carbocycles. The zero-order valence-electron chi connectivity index (χ0n) is 10.7. The summed E-state index contributed by atoms with van der Waals surface area (Å²) < 4.78 is 18.4. The van der Waals surface area contributed by atoms with E-state index in [9.17, 15) is 14.0 Å². The molecule has 0 aliphatic rings. The SMILES string of the molecule is CN(C)C(=O)c1cnn(C/C(=C\F)COC(N)=O)c1. The molecule has 0 aliphatic carbocycles. The number of carbonyl (C=O) groups is 2. The minimum absolute atomic E-state index is 0.0600. The number of aromatic nitrogens is 2. The quantitative estimate of drug-likeness (QED) is 0.845. The predicted molar refractivity (Wildman–Crippen MR) is 65.0 cm³/mol. The van der Waals surface area contributed by atoms with Crippen LogP contribution in [0.1, 0.15) is 10.4 Å². The third-order valence-electron chi connectivity index (χ3n) is 2.21. The highest BCUT2D eigenvalue weighted by Gasteiger charge is 2.11. The fraction of sp³-hybridized carbons (Fsp3) is 0.364. The zero-order valence-corrected chi connectivity index (χ0v) is 10.7. The molecular weight excluding hydrogens is 255 g/mol. The summed E-state index contributed by atoms with van der Waals surface area (Å²) in [5.41, 5.74) is 5.34. The molecule has 0 fully saturated rings. The van der Waals surface area contributed by atoms with Crippen LogP contribution < -0.4 is 5.73 Å². The van der Waals surface area contributed by atoms with Gasteiger partial charge in [0.15, 0.2) is 0 Å². The Bertz CT molecular complexity index is 496. The lowest BCUT2D eigenvalue weighted by molar-refractivity contribution is 0.0827. The molecule has 1 aromatic rings. The highest BCUT2D eigenvalue weighted by atomic mass is 19.1. The summed E-state index contributed by atoms with van der Waals surface area (Å²) >= 11 is 0. The van der Waals surface area contributed by atoms with Gasteiger partial charge in [-0.15, -0.1) is 0 Å². The first-order valence-electron chi connectivity index (χ1n) is 5.38. The Labute approximate surface area is 109 Å². The van der Waals surface area contributed by atoms with Crippen LogP contribution in [-0.2, 0) is 11.3 Å². The lowest BCUT2D eigenvalue weighted by Gasteiger charge is -2.07. The van der Waals surface area contributed by atoms with Gasteiger partial charge in [-0.25, -0.2) is 9.18 Å². The summed E-state index contributed by atoms with van der Waals surface area (Å²) in [5.74, 6) is -0.203. The fourth-order valence-electron chi connectivity index (χ4n) is 1.30. The van der Waals surface area contributed by atoms with Gasteiger partial charge in [0.25, 0.3) is 5.91 Å². The lowest BCUT2D eigenvalue weighted by Crippen LogP contribution is -2.21. The summed E-state index contributed by atoms with van der Waals surface area (Å²) in [6.07, 6.45) is 2.20. The van der Waals surface area contributed by atoms with E-state index in [0.29, 0.717) is 11.9 Å². The number of ether oxygens (including phenoxy) is 1. The normalized spacial score (nSPS) is 11.2. The van der Waals surface area contributed by atoms with Gasteiger partial charge in [-0.1, -0.05) is 0 Å². The monoisotopic (exact) mass is 270 g/mol. The zero-order chi connectivity index (χ0) is 14.4. The van der Waals surface area contributed by atoms with Gasteiger partial charge in [0.1, 0.15) is 6.61 Å². The van der Waals surface area contributed by atoms with Crippen molar-refractivity contribution < 1.29 is 18.7 Å². The Balaban J connectivity index is 2.67. The first-order valence-corrected chi connectivity index (χ1v) is 5.38. The van der Waals surface area contributed by atoms with Crippen LogP contribution in [0.5, 0.6) is 0 Å². The second-order valence-electron chi connectivity index (χ2n) is 4.00. The largest absolute Gasteiger partial charge is 0.445 e. The van der Waals surface area contributed by atoms with Crippen LogP contribution in [0.4, 0.5) is 9.18 Å². The van der Waals surface area contributed by atoms with E-state index in [4.69, 9.17) is 5.73 Å². The van der Waals surface area contributed by atoms with Crippen LogP contribution in [0.15, 0.2) is 24.3 Å². The topological polar surface area (TPSA) is 90.4 Å². The van der Waals surface area contributed by atoms with E-state index in [1.54, 1.807) is 14.1 Å². The van der Waals surface area contributed by atoms with Crippen molar-refractivity contribution in [3.8, 4) is 0 Å². The van der Waals surface area contributed by atoms with Crippen LogP contribution >= 0.6 is 0 Å². The third kappa shape index (κ3) is 4.41. The van der Waals surface area contributed by atoms with Gasteiger partial charge in [-0.2, -0.15) is 5.10 Å². The number of nitrogens with zero attached hydrogens (tertiary/aromatic N) is 3. The Morgan fingerprint density at radius 1 is 1.58 bits per heavy atom. The standard InChI is InChI=1S/C11H15FN4O3/c1-15(2)10(17)9-4-14-16(6-9)5-8(3-12)7-19-11(13)18/h3-4,6H,5,7H2,1-2H3,(H2,13,18)/b8-3+.